The van der Waals surface area contributed by atoms with E-state index in [1.54, 1.807) is 0 Å². The lowest BCUT2D eigenvalue weighted by Gasteiger charge is -2.07. The zero-order valence-corrected chi connectivity index (χ0v) is 11.6. The van der Waals surface area contributed by atoms with Crippen LogP contribution in [-0.4, -0.2) is 0 Å². The van der Waals surface area contributed by atoms with Crippen molar-refractivity contribution in [1.82, 2.24) is 0 Å². The van der Waals surface area contributed by atoms with E-state index < -0.39 is 0 Å². The molecule has 1 aromatic carbocycles. The molecule has 1 nitrogen and oxygen atoms in total. The summed E-state index contributed by atoms with van der Waals surface area (Å²) in [5.41, 5.74) is 7.97. The van der Waals surface area contributed by atoms with E-state index in [1.807, 2.05) is 23.5 Å². The summed E-state index contributed by atoms with van der Waals surface area (Å²) in [6.07, 6.45) is 0. The topological polar surface area (TPSA) is 26.0 Å². The van der Waals surface area contributed by atoms with Gasteiger partial charge in [-0.2, -0.15) is 0 Å². The van der Waals surface area contributed by atoms with Crippen LogP contribution in [0.4, 0.5) is 0 Å². The van der Waals surface area contributed by atoms with Gasteiger partial charge in [-0.05, 0) is 35.2 Å². The van der Waals surface area contributed by atoms with E-state index in [0.717, 1.165) is 16.1 Å². The molecule has 1 aromatic heterocycles. The van der Waals surface area contributed by atoms with Crippen LogP contribution in [0.1, 0.15) is 30.2 Å². The van der Waals surface area contributed by atoms with Crippen LogP contribution < -0.4 is 5.73 Å². The van der Waals surface area contributed by atoms with Crippen molar-refractivity contribution in [2.75, 3.05) is 0 Å². The molecule has 0 spiro atoms. The van der Waals surface area contributed by atoms with Gasteiger partial charge in [0, 0.05) is 21.3 Å². The van der Waals surface area contributed by atoms with Crippen molar-refractivity contribution >= 4 is 22.9 Å². The summed E-state index contributed by atoms with van der Waals surface area (Å²) >= 11 is 7.99. The summed E-state index contributed by atoms with van der Waals surface area (Å²) in [7, 11) is 0. The Morgan fingerprint density at radius 1 is 1.24 bits per heavy atom. The molecule has 17 heavy (non-hydrogen) atoms. The van der Waals surface area contributed by atoms with E-state index in [4.69, 9.17) is 17.3 Å². The zero-order valence-electron chi connectivity index (χ0n) is 10.0. The van der Waals surface area contributed by atoms with Crippen LogP contribution in [-0.2, 0) is 6.54 Å². The van der Waals surface area contributed by atoms with Crippen molar-refractivity contribution in [3.05, 3.63) is 45.8 Å². The summed E-state index contributed by atoms with van der Waals surface area (Å²) in [5, 5.41) is 0.754. The first-order valence-electron chi connectivity index (χ1n) is 5.71. The molecule has 0 radical (unpaired) electrons. The van der Waals surface area contributed by atoms with Gasteiger partial charge < -0.3 is 5.73 Å². The van der Waals surface area contributed by atoms with Crippen LogP contribution in [0.5, 0.6) is 0 Å². The first-order valence-corrected chi connectivity index (χ1v) is 6.90. The lowest BCUT2D eigenvalue weighted by atomic mass is 10.1. The van der Waals surface area contributed by atoms with Crippen LogP contribution in [0.2, 0.25) is 5.02 Å². The van der Waals surface area contributed by atoms with Gasteiger partial charge in [0.2, 0.25) is 0 Å². The molecule has 0 bridgehead atoms. The molecule has 3 heteroatoms. The van der Waals surface area contributed by atoms with Gasteiger partial charge in [0.1, 0.15) is 0 Å². The first kappa shape index (κ1) is 12.6. The van der Waals surface area contributed by atoms with Crippen molar-refractivity contribution in [2.24, 2.45) is 5.73 Å². The van der Waals surface area contributed by atoms with Gasteiger partial charge in [-0.15, -0.1) is 11.3 Å². The van der Waals surface area contributed by atoms with Crippen molar-refractivity contribution in [3.8, 4) is 10.4 Å². The highest BCUT2D eigenvalue weighted by molar-refractivity contribution is 7.15. The summed E-state index contributed by atoms with van der Waals surface area (Å²) in [5.74, 6) is 0.564. The Labute approximate surface area is 111 Å². The lowest BCUT2D eigenvalue weighted by molar-refractivity contribution is 0.890. The van der Waals surface area contributed by atoms with Crippen molar-refractivity contribution in [1.29, 1.82) is 0 Å². The number of thiophene rings is 1. The van der Waals surface area contributed by atoms with Crippen LogP contribution in [0.3, 0.4) is 0 Å². The maximum atomic E-state index is 6.17. The minimum absolute atomic E-state index is 0.476. The van der Waals surface area contributed by atoms with Gasteiger partial charge in [0.25, 0.3) is 0 Å². The maximum Gasteiger partial charge on any atom is 0.0457 e. The van der Waals surface area contributed by atoms with E-state index in [0.29, 0.717) is 12.5 Å². The van der Waals surface area contributed by atoms with Crippen LogP contribution in [0, 0.1) is 0 Å². The Balaban J connectivity index is 2.48. The molecule has 90 valence electrons. The predicted octanol–water partition coefficient (Wildman–Crippen LogP) is 4.65. The zero-order chi connectivity index (χ0) is 12.4. The standard InChI is InChI=1S/C14H16ClNS/c1-9(2)13-6-7-14(17-13)10-4-3-5-12(15)11(10)8-16/h3-7,9H,8,16H2,1-2H3. The number of hydrogen-bond donors (Lipinski definition) is 1. The molecule has 0 amide bonds. The maximum absolute atomic E-state index is 6.17. The molecule has 0 aliphatic heterocycles. The molecular weight excluding hydrogens is 250 g/mol. The van der Waals surface area contributed by atoms with Gasteiger partial charge in [-0.1, -0.05) is 37.6 Å². The Bertz CT molecular complexity index is 517. The van der Waals surface area contributed by atoms with E-state index in [1.165, 1.54) is 9.75 Å². The van der Waals surface area contributed by atoms with Gasteiger partial charge in [-0.3, -0.25) is 0 Å². The Morgan fingerprint density at radius 3 is 2.59 bits per heavy atom. The summed E-state index contributed by atoms with van der Waals surface area (Å²) < 4.78 is 0. The molecule has 0 saturated carbocycles. The molecule has 2 N–H and O–H groups in total. The fourth-order valence-electron chi connectivity index (χ4n) is 1.80. The average Bonchev–Trinajstić information content (AvgIpc) is 2.77. The third-order valence-electron chi connectivity index (χ3n) is 2.78. The third kappa shape index (κ3) is 2.54. The molecule has 0 aliphatic rings. The molecule has 0 aliphatic carbocycles. The number of halogens is 1. The molecule has 0 unspecified atom stereocenters. The van der Waals surface area contributed by atoms with E-state index in [-0.39, 0.29) is 0 Å². The number of rotatable bonds is 3. The SMILES string of the molecule is CC(C)c1ccc(-c2cccc(Cl)c2CN)s1. The second-order valence-electron chi connectivity index (χ2n) is 4.33. The molecule has 2 rings (SSSR count). The Morgan fingerprint density at radius 2 is 2.00 bits per heavy atom. The van der Waals surface area contributed by atoms with Crippen LogP contribution in [0.15, 0.2) is 30.3 Å². The lowest BCUT2D eigenvalue weighted by Crippen LogP contribution is -1.99. The quantitative estimate of drug-likeness (QED) is 0.859. The van der Waals surface area contributed by atoms with Gasteiger partial charge in [0.15, 0.2) is 0 Å². The first-order chi connectivity index (χ1) is 8.13. The summed E-state index contributed by atoms with van der Waals surface area (Å²) in [6, 6.07) is 10.3. The minimum atomic E-state index is 0.476. The molecular formula is C14H16ClNS. The Hall–Kier alpha value is -0.830. The minimum Gasteiger partial charge on any atom is -0.326 e. The normalized spacial score (nSPS) is 11.1. The molecule has 0 atom stereocenters. The molecule has 2 aromatic rings. The Kier molecular flexibility index (Phi) is 3.87. The van der Waals surface area contributed by atoms with E-state index in [2.05, 4.69) is 32.0 Å². The van der Waals surface area contributed by atoms with Gasteiger partial charge in [0.05, 0.1) is 0 Å². The predicted molar refractivity (Wildman–Crippen MR) is 76.7 cm³/mol. The number of hydrogen-bond acceptors (Lipinski definition) is 2. The van der Waals surface area contributed by atoms with Crippen LogP contribution >= 0.6 is 22.9 Å². The third-order valence-corrected chi connectivity index (χ3v) is 4.56. The molecule has 1 heterocycles. The van der Waals surface area contributed by atoms with E-state index in [9.17, 15) is 0 Å². The fourth-order valence-corrected chi connectivity index (χ4v) is 3.12. The second kappa shape index (κ2) is 5.21. The highest BCUT2D eigenvalue weighted by Gasteiger charge is 2.10. The molecule has 0 fully saturated rings. The summed E-state index contributed by atoms with van der Waals surface area (Å²) in [6.45, 7) is 4.89. The average molecular weight is 266 g/mol. The van der Waals surface area contributed by atoms with Crippen molar-refractivity contribution in [3.63, 3.8) is 0 Å². The van der Waals surface area contributed by atoms with Crippen molar-refractivity contribution in [2.45, 2.75) is 26.3 Å². The number of benzene rings is 1. The summed E-state index contributed by atoms with van der Waals surface area (Å²) in [4.78, 5) is 2.64. The largest absolute Gasteiger partial charge is 0.326 e. The van der Waals surface area contributed by atoms with Gasteiger partial charge >= 0.3 is 0 Å². The van der Waals surface area contributed by atoms with Crippen molar-refractivity contribution < 1.29 is 0 Å². The monoisotopic (exact) mass is 265 g/mol. The highest BCUT2D eigenvalue weighted by Crippen LogP contribution is 2.35. The van der Waals surface area contributed by atoms with Gasteiger partial charge in [-0.25, -0.2) is 0 Å². The molecule has 0 saturated heterocycles. The van der Waals surface area contributed by atoms with Crippen LogP contribution in [0.25, 0.3) is 10.4 Å². The van der Waals surface area contributed by atoms with E-state index >= 15 is 0 Å². The highest BCUT2D eigenvalue weighted by atomic mass is 35.5. The number of nitrogens with two attached hydrogens (primary N) is 1. The smallest absolute Gasteiger partial charge is 0.0457 e. The second-order valence-corrected chi connectivity index (χ2v) is 5.85. The fraction of sp³-hybridized carbons (Fsp3) is 0.286.